The van der Waals surface area contributed by atoms with Gasteiger partial charge in [-0.1, -0.05) is 35.5 Å². The van der Waals surface area contributed by atoms with Crippen LogP contribution in [0.2, 0.25) is 5.02 Å². The Hall–Kier alpha value is -0.640. The first-order valence-electron chi connectivity index (χ1n) is 4.64. The van der Waals surface area contributed by atoms with E-state index in [9.17, 15) is 4.79 Å². The van der Waals surface area contributed by atoms with Gasteiger partial charge in [0.25, 0.3) is 0 Å². The van der Waals surface area contributed by atoms with E-state index in [0.717, 1.165) is 14.7 Å². The summed E-state index contributed by atoms with van der Waals surface area (Å²) in [5.41, 5.74) is 0.996. The third-order valence-corrected chi connectivity index (χ3v) is 4.45. The summed E-state index contributed by atoms with van der Waals surface area (Å²) in [6.45, 7) is 0. The summed E-state index contributed by atoms with van der Waals surface area (Å²) in [6.07, 6.45) is 5.54. The highest BCUT2D eigenvalue weighted by atomic mass is 35.5. The van der Waals surface area contributed by atoms with E-state index < -0.39 is 0 Å². The van der Waals surface area contributed by atoms with Crippen LogP contribution in [0.5, 0.6) is 0 Å². The quantitative estimate of drug-likeness (QED) is 0.749. The van der Waals surface area contributed by atoms with Crippen LogP contribution in [-0.4, -0.2) is 12.0 Å². The van der Waals surface area contributed by atoms with Crippen LogP contribution in [-0.2, 0) is 4.79 Å². The predicted molar refractivity (Wildman–Crippen MR) is 73.6 cm³/mol. The topological polar surface area (TPSA) is 17.1 Å². The average molecular weight is 269 g/mol. The largest absolute Gasteiger partial charge is 0.289 e. The van der Waals surface area contributed by atoms with Crippen molar-refractivity contribution in [3.05, 3.63) is 50.1 Å². The second-order valence-electron chi connectivity index (χ2n) is 3.19. The minimum Gasteiger partial charge on any atom is -0.289 e. The zero-order chi connectivity index (χ0) is 11.5. The number of allylic oxidation sites excluding steroid dienone is 2. The lowest BCUT2D eigenvalue weighted by Gasteiger charge is -1.97. The van der Waals surface area contributed by atoms with Gasteiger partial charge in [0, 0.05) is 15.3 Å². The van der Waals surface area contributed by atoms with E-state index >= 15 is 0 Å². The number of ketones is 1. The molecule has 0 atom stereocenters. The molecule has 0 amide bonds. The van der Waals surface area contributed by atoms with Gasteiger partial charge < -0.3 is 0 Å². The number of halogens is 1. The Morgan fingerprint density at radius 1 is 1.31 bits per heavy atom. The van der Waals surface area contributed by atoms with Gasteiger partial charge >= 0.3 is 0 Å². The van der Waals surface area contributed by atoms with Gasteiger partial charge in [-0.25, -0.2) is 0 Å². The Morgan fingerprint density at radius 3 is 2.56 bits per heavy atom. The molecule has 1 aromatic rings. The molecule has 0 fully saturated rings. The van der Waals surface area contributed by atoms with Crippen molar-refractivity contribution >= 4 is 47.0 Å². The average Bonchev–Trinajstić information content (AvgIpc) is 2.63. The van der Waals surface area contributed by atoms with Crippen molar-refractivity contribution in [2.75, 3.05) is 6.26 Å². The molecule has 0 radical (unpaired) electrons. The van der Waals surface area contributed by atoms with Crippen molar-refractivity contribution < 1.29 is 4.79 Å². The summed E-state index contributed by atoms with van der Waals surface area (Å²) in [5.74, 6) is 0.0873. The number of thioether (sulfide) groups is 2. The zero-order valence-corrected chi connectivity index (χ0v) is 11.0. The highest BCUT2D eigenvalue weighted by Crippen LogP contribution is 2.40. The van der Waals surface area contributed by atoms with Crippen LogP contribution < -0.4 is 0 Å². The first kappa shape index (κ1) is 11.8. The minimum absolute atomic E-state index is 0.0873. The standard InChI is InChI=1S/C12H9ClOS2/c1-15-12-7-10(14)11(16-12)6-8-2-4-9(13)5-3-8/h2-7H,1H3/b11-6+. The Bertz CT molecular complexity index is 474. The van der Waals surface area contributed by atoms with Crippen LogP contribution in [0.3, 0.4) is 0 Å². The monoisotopic (exact) mass is 268 g/mol. The number of hydrogen-bond donors (Lipinski definition) is 0. The molecule has 1 aliphatic heterocycles. The van der Waals surface area contributed by atoms with E-state index in [1.807, 2.05) is 36.6 Å². The lowest BCUT2D eigenvalue weighted by atomic mass is 10.2. The molecule has 0 bridgehead atoms. The first-order valence-corrected chi connectivity index (χ1v) is 7.06. The van der Waals surface area contributed by atoms with Crippen molar-refractivity contribution in [1.29, 1.82) is 0 Å². The van der Waals surface area contributed by atoms with Crippen LogP contribution in [0.15, 0.2) is 39.5 Å². The Kier molecular flexibility index (Phi) is 3.79. The maximum Gasteiger partial charge on any atom is 0.194 e. The van der Waals surface area contributed by atoms with Gasteiger partial charge in [-0.15, -0.1) is 11.8 Å². The maximum absolute atomic E-state index is 11.6. The molecule has 1 heterocycles. The summed E-state index contributed by atoms with van der Waals surface area (Å²) in [6, 6.07) is 7.45. The van der Waals surface area contributed by atoms with E-state index in [1.54, 1.807) is 17.8 Å². The molecular weight excluding hydrogens is 260 g/mol. The number of rotatable bonds is 2. The smallest absolute Gasteiger partial charge is 0.194 e. The van der Waals surface area contributed by atoms with Crippen molar-refractivity contribution in [2.45, 2.75) is 0 Å². The van der Waals surface area contributed by atoms with Gasteiger partial charge in [0.1, 0.15) is 0 Å². The molecule has 0 N–H and O–H groups in total. The lowest BCUT2D eigenvalue weighted by molar-refractivity contribution is -0.110. The second kappa shape index (κ2) is 5.13. The van der Waals surface area contributed by atoms with Gasteiger partial charge in [-0.3, -0.25) is 4.79 Å². The van der Waals surface area contributed by atoms with Crippen molar-refractivity contribution in [1.82, 2.24) is 0 Å². The van der Waals surface area contributed by atoms with Crippen LogP contribution in [0, 0.1) is 0 Å². The molecule has 16 heavy (non-hydrogen) atoms. The molecule has 1 aliphatic rings. The Labute approximate surface area is 108 Å². The molecular formula is C12H9ClOS2. The summed E-state index contributed by atoms with van der Waals surface area (Å²) in [4.78, 5) is 12.4. The van der Waals surface area contributed by atoms with Gasteiger partial charge in [0.05, 0.1) is 4.91 Å². The molecule has 0 saturated heterocycles. The van der Waals surface area contributed by atoms with E-state index in [2.05, 4.69) is 0 Å². The van der Waals surface area contributed by atoms with Crippen LogP contribution >= 0.6 is 35.1 Å². The highest BCUT2D eigenvalue weighted by molar-refractivity contribution is 8.24. The van der Waals surface area contributed by atoms with E-state index in [1.165, 1.54) is 11.8 Å². The number of hydrogen-bond acceptors (Lipinski definition) is 3. The number of carbonyl (C=O) groups is 1. The van der Waals surface area contributed by atoms with Gasteiger partial charge in [0.15, 0.2) is 5.78 Å². The van der Waals surface area contributed by atoms with Crippen molar-refractivity contribution in [2.24, 2.45) is 0 Å². The molecule has 82 valence electrons. The Morgan fingerprint density at radius 2 is 2.00 bits per heavy atom. The molecule has 0 aliphatic carbocycles. The zero-order valence-electron chi connectivity index (χ0n) is 8.57. The molecule has 4 heteroatoms. The molecule has 2 rings (SSSR count). The van der Waals surface area contributed by atoms with Crippen molar-refractivity contribution in [3.8, 4) is 0 Å². The van der Waals surface area contributed by atoms with E-state index in [4.69, 9.17) is 11.6 Å². The lowest BCUT2D eigenvalue weighted by Crippen LogP contribution is -1.87. The first-order chi connectivity index (χ1) is 7.69. The molecule has 0 saturated carbocycles. The number of carbonyl (C=O) groups excluding carboxylic acids is 1. The SMILES string of the molecule is CSC1=CC(=O)/C(=C\c2ccc(Cl)cc2)S1. The highest BCUT2D eigenvalue weighted by Gasteiger charge is 2.18. The fraction of sp³-hybridized carbons (Fsp3) is 0.0833. The van der Waals surface area contributed by atoms with E-state index in [0.29, 0.717) is 5.02 Å². The molecule has 1 aromatic carbocycles. The molecule has 1 nitrogen and oxygen atoms in total. The van der Waals surface area contributed by atoms with E-state index in [-0.39, 0.29) is 5.78 Å². The fourth-order valence-corrected chi connectivity index (χ4v) is 2.97. The summed E-state index contributed by atoms with van der Waals surface area (Å²) in [7, 11) is 0. The van der Waals surface area contributed by atoms with Crippen molar-refractivity contribution in [3.63, 3.8) is 0 Å². The molecule has 0 spiro atoms. The number of benzene rings is 1. The second-order valence-corrected chi connectivity index (χ2v) is 5.82. The van der Waals surface area contributed by atoms with Gasteiger partial charge in [-0.05, 0) is 30.0 Å². The maximum atomic E-state index is 11.6. The van der Waals surface area contributed by atoms with Crippen LogP contribution in [0.4, 0.5) is 0 Å². The molecule has 0 aromatic heterocycles. The third kappa shape index (κ3) is 2.73. The minimum atomic E-state index is 0.0873. The Balaban J connectivity index is 2.21. The predicted octanol–water partition coefficient (Wildman–Crippen LogP) is 4.20. The van der Waals surface area contributed by atoms with Gasteiger partial charge in [-0.2, -0.15) is 0 Å². The third-order valence-electron chi connectivity index (χ3n) is 2.07. The van der Waals surface area contributed by atoms with Gasteiger partial charge in [0.2, 0.25) is 0 Å². The summed E-state index contributed by atoms with van der Waals surface area (Å²) >= 11 is 8.91. The fourth-order valence-electron chi connectivity index (χ4n) is 1.28. The van der Waals surface area contributed by atoms with Crippen LogP contribution in [0.1, 0.15) is 5.56 Å². The summed E-state index contributed by atoms with van der Waals surface area (Å²) in [5, 5.41) is 0.704. The van der Waals surface area contributed by atoms with Crippen LogP contribution in [0.25, 0.3) is 6.08 Å². The summed E-state index contributed by atoms with van der Waals surface area (Å²) < 4.78 is 1.05. The molecule has 0 unspecified atom stereocenters. The normalized spacial score (nSPS) is 18.0.